The van der Waals surface area contributed by atoms with Crippen LogP contribution in [0.1, 0.15) is 49.6 Å². The number of nitrogens with zero attached hydrogens (tertiary/aromatic N) is 4. The van der Waals surface area contributed by atoms with Crippen LogP contribution in [-0.4, -0.2) is 43.9 Å². The highest BCUT2D eigenvalue weighted by Crippen LogP contribution is 2.28. The average Bonchev–Trinajstić information content (AvgIpc) is 3.23. The molecule has 3 rings (SSSR count). The van der Waals surface area contributed by atoms with Crippen LogP contribution in [0, 0.1) is 6.92 Å². The number of carbonyl (C=O) groups is 2. The van der Waals surface area contributed by atoms with Gasteiger partial charge in [0.15, 0.2) is 5.82 Å². The molecule has 0 radical (unpaired) electrons. The van der Waals surface area contributed by atoms with Crippen molar-refractivity contribution in [1.29, 1.82) is 0 Å². The van der Waals surface area contributed by atoms with Crippen molar-refractivity contribution in [1.82, 2.24) is 19.8 Å². The molecule has 1 saturated heterocycles. The third kappa shape index (κ3) is 4.46. The molecular formula is C19H25N5O3S. The first-order valence-corrected chi connectivity index (χ1v) is 10.2. The van der Waals surface area contributed by atoms with Crippen LogP contribution in [0.25, 0.3) is 0 Å². The molecule has 0 bridgehead atoms. The number of benzene rings is 1. The highest BCUT2D eigenvalue weighted by Gasteiger charge is 2.26. The third-order valence-corrected chi connectivity index (χ3v) is 5.51. The standard InChI is InChI=1S/C19H25N5O3S/c1-12(2)14-7-6-13(3)9-15(14)27-10-16-21-22-19(24(16)20)28-11-18(26)23-8-4-5-17(23)25/h6-7,9,12H,4-5,8,10-11,20H2,1-3H3. The van der Waals surface area contributed by atoms with Crippen LogP contribution >= 0.6 is 11.8 Å². The van der Waals surface area contributed by atoms with E-state index >= 15 is 0 Å². The quantitative estimate of drug-likeness (QED) is 0.558. The first-order chi connectivity index (χ1) is 13.4. The van der Waals surface area contributed by atoms with Gasteiger partial charge in [0.1, 0.15) is 12.4 Å². The molecule has 2 aromatic rings. The fraction of sp³-hybridized carbons (Fsp3) is 0.474. The molecule has 2 heterocycles. The Morgan fingerprint density at radius 2 is 2.14 bits per heavy atom. The number of imide groups is 1. The minimum atomic E-state index is -0.227. The Balaban J connectivity index is 1.61. The monoisotopic (exact) mass is 403 g/mol. The Labute approximate surface area is 168 Å². The maximum atomic E-state index is 12.2. The minimum Gasteiger partial charge on any atom is -0.485 e. The van der Waals surface area contributed by atoms with E-state index in [2.05, 4.69) is 36.2 Å². The number of hydrogen-bond acceptors (Lipinski definition) is 7. The number of nitrogens with two attached hydrogens (primary N) is 1. The number of likely N-dealkylation sites (tertiary alicyclic amines) is 1. The molecule has 1 aliphatic rings. The number of carbonyl (C=O) groups excluding carboxylic acids is 2. The number of hydrogen-bond donors (Lipinski definition) is 1. The van der Waals surface area contributed by atoms with Crippen LogP contribution in [0.5, 0.6) is 5.75 Å². The first-order valence-electron chi connectivity index (χ1n) is 9.25. The third-order valence-electron chi connectivity index (χ3n) is 4.58. The zero-order valence-electron chi connectivity index (χ0n) is 16.3. The average molecular weight is 404 g/mol. The molecule has 1 aliphatic heterocycles. The van der Waals surface area contributed by atoms with Crippen LogP contribution in [0.3, 0.4) is 0 Å². The number of aryl methyl sites for hydroxylation is 1. The highest BCUT2D eigenvalue weighted by atomic mass is 32.2. The molecule has 0 saturated carbocycles. The van der Waals surface area contributed by atoms with Gasteiger partial charge in [0, 0.05) is 13.0 Å². The van der Waals surface area contributed by atoms with Gasteiger partial charge >= 0.3 is 0 Å². The lowest BCUT2D eigenvalue weighted by Crippen LogP contribution is -2.33. The molecule has 150 valence electrons. The number of aromatic nitrogens is 3. The second-order valence-corrected chi connectivity index (χ2v) is 8.03. The molecule has 9 heteroatoms. The zero-order valence-corrected chi connectivity index (χ0v) is 17.2. The van der Waals surface area contributed by atoms with Crippen molar-refractivity contribution in [3.63, 3.8) is 0 Å². The molecule has 2 N–H and O–H groups in total. The summed E-state index contributed by atoms with van der Waals surface area (Å²) in [7, 11) is 0. The van der Waals surface area contributed by atoms with E-state index in [1.807, 2.05) is 13.0 Å². The van der Waals surface area contributed by atoms with Crippen LogP contribution in [0.15, 0.2) is 23.4 Å². The summed E-state index contributed by atoms with van der Waals surface area (Å²) in [6.45, 7) is 6.89. The van der Waals surface area contributed by atoms with Crippen molar-refractivity contribution in [2.75, 3.05) is 18.1 Å². The van der Waals surface area contributed by atoms with Crippen molar-refractivity contribution in [2.45, 2.75) is 51.3 Å². The molecule has 0 atom stereocenters. The molecule has 1 aromatic carbocycles. The predicted octanol–water partition coefficient (Wildman–Crippen LogP) is 2.24. The van der Waals surface area contributed by atoms with Crippen molar-refractivity contribution in [3.05, 3.63) is 35.2 Å². The summed E-state index contributed by atoms with van der Waals surface area (Å²) in [5.74, 6) is 7.40. The maximum absolute atomic E-state index is 12.2. The van der Waals surface area contributed by atoms with Crippen molar-refractivity contribution in [2.24, 2.45) is 0 Å². The fourth-order valence-corrected chi connectivity index (χ4v) is 3.76. The Morgan fingerprint density at radius 1 is 1.36 bits per heavy atom. The minimum absolute atomic E-state index is 0.0946. The van der Waals surface area contributed by atoms with Gasteiger partial charge in [-0.2, -0.15) is 0 Å². The second-order valence-electron chi connectivity index (χ2n) is 7.08. The lowest BCUT2D eigenvalue weighted by Gasteiger charge is -2.14. The van der Waals surface area contributed by atoms with Gasteiger partial charge in [-0.25, -0.2) is 4.68 Å². The number of amides is 2. The Hall–Kier alpha value is -2.55. The Bertz CT molecular complexity index is 880. The summed E-state index contributed by atoms with van der Waals surface area (Å²) in [4.78, 5) is 25.1. The van der Waals surface area contributed by atoms with Crippen LogP contribution in [0.4, 0.5) is 0 Å². The largest absolute Gasteiger partial charge is 0.485 e. The lowest BCUT2D eigenvalue weighted by molar-refractivity contribution is -0.140. The molecular weight excluding hydrogens is 378 g/mol. The van der Waals surface area contributed by atoms with Crippen LogP contribution in [0.2, 0.25) is 0 Å². The van der Waals surface area contributed by atoms with Crippen molar-refractivity contribution in [3.8, 4) is 5.75 Å². The number of ether oxygens (including phenoxy) is 1. The van der Waals surface area contributed by atoms with Gasteiger partial charge in [0.25, 0.3) is 0 Å². The van der Waals surface area contributed by atoms with E-state index in [-0.39, 0.29) is 24.2 Å². The summed E-state index contributed by atoms with van der Waals surface area (Å²) in [5, 5.41) is 8.51. The summed E-state index contributed by atoms with van der Waals surface area (Å²) in [5.41, 5.74) is 2.23. The highest BCUT2D eigenvalue weighted by molar-refractivity contribution is 7.99. The van der Waals surface area contributed by atoms with E-state index in [0.717, 1.165) is 35.1 Å². The van der Waals surface area contributed by atoms with E-state index in [0.29, 0.717) is 29.9 Å². The SMILES string of the molecule is Cc1ccc(C(C)C)c(OCc2nnc(SCC(=O)N3CCCC3=O)n2N)c1. The summed E-state index contributed by atoms with van der Waals surface area (Å²) in [6, 6.07) is 6.12. The van der Waals surface area contributed by atoms with Gasteiger partial charge < -0.3 is 10.6 Å². The van der Waals surface area contributed by atoms with Gasteiger partial charge in [0.05, 0.1) is 5.75 Å². The molecule has 8 nitrogen and oxygen atoms in total. The topological polar surface area (TPSA) is 103 Å². The summed E-state index contributed by atoms with van der Waals surface area (Å²) >= 11 is 1.16. The van der Waals surface area contributed by atoms with Gasteiger partial charge in [0.2, 0.25) is 17.0 Å². The summed E-state index contributed by atoms with van der Waals surface area (Å²) < 4.78 is 7.28. The van der Waals surface area contributed by atoms with Gasteiger partial charge in [-0.05, 0) is 36.5 Å². The first kappa shape index (κ1) is 20.2. The lowest BCUT2D eigenvalue weighted by atomic mass is 10.0. The van der Waals surface area contributed by atoms with Crippen LogP contribution < -0.4 is 10.6 Å². The summed E-state index contributed by atoms with van der Waals surface area (Å²) in [6.07, 6.45) is 1.16. The Kier molecular flexibility index (Phi) is 6.23. The maximum Gasteiger partial charge on any atom is 0.239 e. The smallest absolute Gasteiger partial charge is 0.239 e. The molecule has 0 spiro atoms. The number of nitrogen functional groups attached to an aromatic ring is 1. The van der Waals surface area contributed by atoms with Gasteiger partial charge in [-0.3, -0.25) is 14.5 Å². The van der Waals surface area contributed by atoms with Gasteiger partial charge in [-0.15, -0.1) is 10.2 Å². The Morgan fingerprint density at radius 3 is 2.82 bits per heavy atom. The van der Waals surface area contributed by atoms with Crippen molar-refractivity contribution < 1.29 is 14.3 Å². The molecule has 0 aliphatic carbocycles. The number of rotatable bonds is 7. The molecule has 1 aromatic heterocycles. The molecule has 2 amide bonds. The normalized spacial score (nSPS) is 14.1. The van der Waals surface area contributed by atoms with Crippen LogP contribution in [-0.2, 0) is 16.2 Å². The van der Waals surface area contributed by atoms with E-state index in [1.54, 1.807) is 0 Å². The van der Waals surface area contributed by atoms with E-state index in [9.17, 15) is 9.59 Å². The second kappa shape index (κ2) is 8.64. The van der Waals surface area contributed by atoms with E-state index in [4.69, 9.17) is 10.6 Å². The van der Waals surface area contributed by atoms with Gasteiger partial charge in [-0.1, -0.05) is 37.7 Å². The predicted molar refractivity (Wildman–Crippen MR) is 106 cm³/mol. The molecule has 28 heavy (non-hydrogen) atoms. The fourth-order valence-electron chi connectivity index (χ4n) is 3.01. The zero-order chi connectivity index (χ0) is 20.3. The van der Waals surface area contributed by atoms with E-state index in [1.165, 1.54) is 9.58 Å². The van der Waals surface area contributed by atoms with Crippen molar-refractivity contribution >= 4 is 23.6 Å². The number of thioether (sulfide) groups is 1. The molecule has 0 unspecified atom stereocenters. The van der Waals surface area contributed by atoms with E-state index < -0.39 is 0 Å². The molecule has 1 fully saturated rings.